The summed E-state index contributed by atoms with van der Waals surface area (Å²) in [6.07, 6.45) is 0. The highest BCUT2D eigenvalue weighted by Crippen LogP contribution is 1.83. The van der Waals surface area contributed by atoms with Gasteiger partial charge in [0.15, 0.2) is 10.2 Å². The lowest BCUT2D eigenvalue weighted by Crippen LogP contribution is -2.36. The van der Waals surface area contributed by atoms with E-state index in [9.17, 15) is 8.42 Å². The van der Waals surface area contributed by atoms with Crippen LogP contribution in [0.1, 0.15) is 13.8 Å². The number of nitrogens with zero attached hydrogens (tertiary/aromatic N) is 2. The molecular formula is C9H18N6O3S3. The largest absolute Gasteiger partial charge is 0.364 e. The second-order valence-corrected chi connectivity index (χ2v) is 6.13. The Hall–Kier alpha value is -1.37. The van der Waals surface area contributed by atoms with Crippen LogP contribution < -0.4 is 21.5 Å². The van der Waals surface area contributed by atoms with Crippen LogP contribution in [-0.2, 0) is 10.1 Å². The van der Waals surface area contributed by atoms with Crippen LogP contribution >= 0.6 is 24.4 Å². The average molecular weight is 354 g/mol. The Labute approximate surface area is 134 Å². The SMILES string of the molecule is CNC(=S)N/N=C(C)/C(C)=N/NC(=S)NCCS(=O)(=O)O. The summed E-state index contributed by atoms with van der Waals surface area (Å²) in [4.78, 5) is 0. The maximum Gasteiger partial charge on any atom is 0.266 e. The van der Waals surface area contributed by atoms with Gasteiger partial charge in [0.1, 0.15) is 0 Å². The molecule has 0 amide bonds. The van der Waals surface area contributed by atoms with Crippen molar-refractivity contribution in [3.63, 3.8) is 0 Å². The summed E-state index contributed by atoms with van der Waals surface area (Å²) in [6, 6.07) is 0. The predicted octanol–water partition coefficient (Wildman–Crippen LogP) is -0.816. The third-order valence-corrected chi connectivity index (χ3v) is 3.30. The zero-order valence-corrected chi connectivity index (χ0v) is 14.2. The highest BCUT2D eigenvalue weighted by Gasteiger charge is 2.04. The fourth-order valence-electron chi connectivity index (χ4n) is 0.820. The standard InChI is InChI=1S/C9H18N6O3S3/c1-6(12-14-8(19)10-3)7(2)13-15-9(20)11-4-5-21(16,17)18/h4-5H2,1-3H3,(H2,10,14,19)(H2,11,15,20)(H,16,17,18)/b12-6+,13-7+. The summed E-state index contributed by atoms with van der Waals surface area (Å²) in [5, 5.41) is 13.7. The second-order valence-electron chi connectivity index (χ2n) is 3.74. The van der Waals surface area contributed by atoms with Crippen molar-refractivity contribution in [2.45, 2.75) is 13.8 Å². The summed E-state index contributed by atoms with van der Waals surface area (Å²) in [6.45, 7) is 3.40. The zero-order valence-electron chi connectivity index (χ0n) is 11.8. The fourth-order valence-corrected chi connectivity index (χ4v) is 1.37. The van der Waals surface area contributed by atoms with Gasteiger partial charge in [-0.3, -0.25) is 15.4 Å². The molecule has 0 bridgehead atoms. The van der Waals surface area contributed by atoms with E-state index in [0.717, 1.165) is 0 Å². The maximum atomic E-state index is 10.5. The van der Waals surface area contributed by atoms with E-state index in [1.54, 1.807) is 20.9 Å². The number of hydrogen-bond donors (Lipinski definition) is 5. The highest BCUT2D eigenvalue weighted by molar-refractivity contribution is 7.85. The van der Waals surface area contributed by atoms with Gasteiger partial charge in [0.2, 0.25) is 0 Å². The molecule has 5 N–H and O–H groups in total. The average Bonchev–Trinajstić information content (AvgIpc) is 2.40. The van der Waals surface area contributed by atoms with Crippen LogP contribution in [0.5, 0.6) is 0 Å². The van der Waals surface area contributed by atoms with Crippen molar-refractivity contribution < 1.29 is 13.0 Å². The van der Waals surface area contributed by atoms with Crippen molar-refractivity contribution in [2.24, 2.45) is 10.2 Å². The van der Waals surface area contributed by atoms with Crippen molar-refractivity contribution >= 4 is 56.2 Å². The normalized spacial score (nSPS) is 12.6. The van der Waals surface area contributed by atoms with Crippen LogP contribution in [0.2, 0.25) is 0 Å². The molecule has 0 aliphatic rings. The van der Waals surface area contributed by atoms with Gasteiger partial charge in [-0.05, 0) is 38.3 Å². The molecule has 120 valence electrons. The number of hydrogen-bond acceptors (Lipinski definition) is 6. The minimum Gasteiger partial charge on any atom is -0.364 e. The molecule has 0 fully saturated rings. The molecule has 0 saturated heterocycles. The van der Waals surface area contributed by atoms with Gasteiger partial charge < -0.3 is 10.6 Å². The van der Waals surface area contributed by atoms with Crippen LogP contribution in [0.4, 0.5) is 0 Å². The molecular weight excluding hydrogens is 336 g/mol. The first-order valence-corrected chi connectivity index (χ1v) is 8.14. The molecule has 0 spiro atoms. The number of hydrazone groups is 2. The molecule has 0 radical (unpaired) electrons. The lowest BCUT2D eigenvalue weighted by atomic mass is 10.3. The Morgan fingerprint density at radius 1 is 1.10 bits per heavy atom. The highest BCUT2D eigenvalue weighted by atomic mass is 32.2. The smallest absolute Gasteiger partial charge is 0.266 e. The molecule has 0 aliphatic carbocycles. The molecule has 0 rings (SSSR count). The summed E-state index contributed by atoms with van der Waals surface area (Å²) in [5.41, 5.74) is 6.27. The Morgan fingerprint density at radius 3 is 2.00 bits per heavy atom. The first kappa shape index (κ1) is 19.6. The van der Waals surface area contributed by atoms with Gasteiger partial charge in [0.05, 0.1) is 17.2 Å². The first-order chi connectivity index (χ1) is 9.65. The first-order valence-electron chi connectivity index (χ1n) is 5.71. The molecule has 0 aliphatic heterocycles. The van der Waals surface area contributed by atoms with Crippen LogP contribution in [0.15, 0.2) is 10.2 Å². The molecule has 0 aromatic heterocycles. The lowest BCUT2D eigenvalue weighted by molar-refractivity contribution is 0.482. The van der Waals surface area contributed by atoms with E-state index in [1.807, 2.05) is 0 Å². The maximum absolute atomic E-state index is 10.5. The van der Waals surface area contributed by atoms with Gasteiger partial charge in [-0.1, -0.05) is 0 Å². The van der Waals surface area contributed by atoms with E-state index in [0.29, 0.717) is 16.5 Å². The zero-order chi connectivity index (χ0) is 16.5. The van der Waals surface area contributed by atoms with Crippen molar-refractivity contribution in [3.8, 4) is 0 Å². The molecule has 0 atom stereocenters. The van der Waals surface area contributed by atoms with Gasteiger partial charge in [0.25, 0.3) is 10.1 Å². The van der Waals surface area contributed by atoms with E-state index in [1.165, 1.54) is 0 Å². The quantitative estimate of drug-likeness (QED) is 0.180. The Balaban J connectivity index is 4.27. The van der Waals surface area contributed by atoms with Crippen molar-refractivity contribution in [1.82, 2.24) is 21.5 Å². The van der Waals surface area contributed by atoms with E-state index >= 15 is 0 Å². The third kappa shape index (κ3) is 11.0. The number of rotatable bonds is 6. The molecule has 0 saturated carbocycles. The van der Waals surface area contributed by atoms with Gasteiger partial charge in [-0.15, -0.1) is 0 Å². The molecule has 12 heteroatoms. The third-order valence-electron chi connectivity index (χ3n) is 2.05. The fraction of sp³-hybridized carbons (Fsp3) is 0.556. The second kappa shape index (κ2) is 9.55. The molecule has 0 aromatic carbocycles. The summed E-state index contributed by atoms with van der Waals surface area (Å²) < 4.78 is 29.6. The van der Waals surface area contributed by atoms with Crippen molar-refractivity contribution in [2.75, 3.05) is 19.3 Å². The van der Waals surface area contributed by atoms with Crippen LogP contribution in [0.3, 0.4) is 0 Å². The Bertz CT molecular complexity index is 543. The lowest BCUT2D eigenvalue weighted by Gasteiger charge is -2.07. The van der Waals surface area contributed by atoms with Gasteiger partial charge >= 0.3 is 0 Å². The molecule has 9 nitrogen and oxygen atoms in total. The minimum absolute atomic E-state index is 0.0235. The molecule has 0 aromatic rings. The monoisotopic (exact) mass is 354 g/mol. The predicted molar refractivity (Wildman–Crippen MR) is 91.2 cm³/mol. The van der Waals surface area contributed by atoms with Gasteiger partial charge in [-0.2, -0.15) is 18.6 Å². The Kier molecular flexibility index (Phi) is 8.92. The van der Waals surface area contributed by atoms with Gasteiger partial charge in [-0.25, -0.2) is 0 Å². The van der Waals surface area contributed by atoms with Crippen molar-refractivity contribution in [1.29, 1.82) is 0 Å². The summed E-state index contributed by atoms with van der Waals surface area (Å²) >= 11 is 9.74. The summed E-state index contributed by atoms with van der Waals surface area (Å²) in [5.74, 6) is -0.441. The van der Waals surface area contributed by atoms with E-state index < -0.39 is 15.9 Å². The molecule has 0 unspecified atom stereocenters. The van der Waals surface area contributed by atoms with Crippen LogP contribution in [-0.4, -0.2) is 54.0 Å². The topological polar surface area (TPSA) is 127 Å². The Morgan fingerprint density at radius 2 is 1.57 bits per heavy atom. The van der Waals surface area contributed by atoms with E-state index in [2.05, 4.69) is 31.7 Å². The van der Waals surface area contributed by atoms with Crippen molar-refractivity contribution in [3.05, 3.63) is 0 Å². The van der Waals surface area contributed by atoms with E-state index in [4.69, 9.17) is 29.0 Å². The summed E-state index contributed by atoms with van der Waals surface area (Å²) in [7, 11) is -2.35. The minimum atomic E-state index is -4.01. The van der Waals surface area contributed by atoms with Gasteiger partial charge in [0, 0.05) is 13.6 Å². The van der Waals surface area contributed by atoms with E-state index in [-0.39, 0.29) is 11.7 Å². The van der Waals surface area contributed by atoms with Crippen LogP contribution in [0, 0.1) is 0 Å². The number of nitrogens with one attached hydrogen (secondary N) is 4. The molecule has 21 heavy (non-hydrogen) atoms. The molecule has 0 heterocycles. The number of thiocarbonyl (C=S) groups is 2. The van der Waals surface area contributed by atoms with Crippen LogP contribution in [0.25, 0.3) is 0 Å².